The predicted molar refractivity (Wildman–Crippen MR) is 190 cm³/mol. The molecular formula is C37H44N6O9. The Balaban J connectivity index is 1.67. The third-order valence-corrected chi connectivity index (χ3v) is 7.62. The molecule has 0 saturated heterocycles. The van der Waals surface area contributed by atoms with Crippen molar-refractivity contribution >= 4 is 41.2 Å². The van der Waals surface area contributed by atoms with Crippen molar-refractivity contribution in [3.8, 4) is 0 Å². The molecule has 3 rings (SSSR count). The van der Waals surface area contributed by atoms with Crippen LogP contribution >= 0.6 is 0 Å². The molecule has 0 saturated carbocycles. The Kier molecular flexibility index (Phi) is 15.9. The largest absolute Gasteiger partial charge is 0.459 e. The molecule has 0 aromatic heterocycles. The Hall–Kier alpha value is -6.12. The van der Waals surface area contributed by atoms with E-state index in [0.29, 0.717) is 17.5 Å². The first kappa shape index (κ1) is 40.3. The molecule has 0 aliphatic carbocycles. The number of benzene rings is 3. The molecule has 3 atom stereocenters. The van der Waals surface area contributed by atoms with Crippen molar-refractivity contribution < 1.29 is 38.4 Å². The van der Waals surface area contributed by atoms with E-state index in [9.17, 15) is 38.9 Å². The summed E-state index contributed by atoms with van der Waals surface area (Å²) in [6, 6.07) is 20.1. The van der Waals surface area contributed by atoms with Crippen molar-refractivity contribution in [2.45, 2.75) is 64.8 Å². The summed E-state index contributed by atoms with van der Waals surface area (Å²) >= 11 is 0. The first-order chi connectivity index (χ1) is 24.8. The summed E-state index contributed by atoms with van der Waals surface area (Å²) in [4.78, 5) is 87.1. The Morgan fingerprint density at radius 2 is 1.21 bits per heavy atom. The zero-order chi connectivity index (χ0) is 38.0. The number of carbonyl (C=O) groups excluding carboxylic acids is 6. The van der Waals surface area contributed by atoms with Gasteiger partial charge in [0, 0.05) is 31.9 Å². The second-order valence-electron chi connectivity index (χ2n) is 12.5. The van der Waals surface area contributed by atoms with Crippen LogP contribution in [0.25, 0.3) is 0 Å². The van der Waals surface area contributed by atoms with Crippen LogP contribution in [0.4, 0.5) is 5.69 Å². The monoisotopic (exact) mass is 716 g/mol. The fourth-order valence-electron chi connectivity index (χ4n) is 5.07. The van der Waals surface area contributed by atoms with Gasteiger partial charge in [0.1, 0.15) is 24.7 Å². The molecule has 0 bridgehead atoms. The zero-order valence-corrected chi connectivity index (χ0v) is 29.3. The lowest BCUT2D eigenvalue weighted by Crippen LogP contribution is -2.55. The van der Waals surface area contributed by atoms with Gasteiger partial charge in [-0.15, -0.1) is 0 Å². The normalized spacial score (nSPS) is 12.4. The molecule has 52 heavy (non-hydrogen) atoms. The van der Waals surface area contributed by atoms with Crippen LogP contribution in [-0.2, 0) is 53.0 Å². The first-order valence-electron chi connectivity index (χ1n) is 16.7. The highest BCUT2D eigenvalue weighted by molar-refractivity contribution is 5.94. The quantitative estimate of drug-likeness (QED) is 0.0695. The molecule has 0 heterocycles. The zero-order valence-electron chi connectivity index (χ0n) is 29.3. The smallest absolute Gasteiger partial charge is 0.329 e. The molecule has 5 amide bonds. The van der Waals surface area contributed by atoms with Crippen molar-refractivity contribution in [3.05, 3.63) is 112 Å². The maximum absolute atomic E-state index is 13.7. The highest BCUT2D eigenvalue weighted by atomic mass is 16.6. The Morgan fingerprint density at radius 3 is 1.75 bits per heavy atom. The van der Waals surface area contributed by atoms with E-state index < -0.39 is 65.7 Å². The van der Waals surface area contributed by atoms with E-state index in [1.807, 2.05) is 13.8 Å². The fourth-order valence-corrected chi connectivity index (χ4v) is 5.07. The third-order valence-electron chi connectivity index (χ3n) is 7.62. The van der Waals surface area contributed by atoms with Gasteiger partial charge in [-0.3, -0.25) is 34.1 Å². The summed E-state index contributed by atoms with van der Waals surface area (Å²) in [5, 5.41) is 23.7. The number of rotatable bonds is 19. The summed E-state index contributed by atoms with van der Waals surface area (Å²) < 4.78 is 5.49. The van der Waals surface area contributed by atoms with Crippen LogP contribution in [0.15, 0.2) is 84.9 Å². The van der Waals surface area contributed by atoms with Crippen LogP contribution in [0.3, 0.4) is 0 Å². The molecule has 276 valence electrons. The second-order valence-corrected chi connectivity index (χ2v) is 12.5. The van der Waals surface area contributed by atoms with Gasteiger partial charge in [-0.25, -0.2) is 4.79 Å². The van der Waals surface area contributed by atoms with E-state index in [4.69, 9.17) is 4.74 Å². The molecule has 5 N–H and O–H groups in total. The van der Waals surface area contributed by atoms with E-state index in [1.165, 1.54) is 31.2 Å². The van der Waals surface area contributed by atoms with E-state index in [0.717, 1.165) is 5.56 Å². The van der Waals surface area contributed by atoms with Gasteiger partial charge < -0.3 is 31.3 Å². The number of non-ortho nitro benzene ring substituents is 1. The lowest BCUT2D eigenvalue weighted by molar-refractivity contribution is -0.384. The summed E-state index contributed by atoms with van der Waals surface area (Å²) in [6.45, 7) is 3.90. The average Bonchev–Trinajstić information content (AvgIpc) is 3.11. The Morgan fingerprint density at radius 1 is 0.654 bits per heavy atom. The molecule has 15 heteroatoms. The molecule has 3 aromatic carbocycles. The van der Waals surface area contributed by atoms with Crippen molar-refractivity contribution in [3.63, 3.8) is 0 Å². The van der Waals surface area contributed by atoms with Gasteiger partial charge in [0.25, 0.3) is 5.69 Å². The van der Waals surface area contributed by atoms with Crippen LogP contribution in [0, 0.1) is 16.0 Å². The van der Waals surface area contributed by atoms with Crippen LogP contribution in [-0.4, -0.2) is 71.6 Å². The first-order valence-corrected chi connectivity index (χ1v) is 16.7. The number of ether oxygens (including phenoxy) is 1. The van der Waals surface area contributed by atoms with Gasteiger partial charge in [-0.05, 0) is 41.2 Å². The third kappa shape index (κ3) is 14.4. The van der Waals surface area contributed by atoms with E-state index in [-0.39, 0.29) is 37.0 Å². The minimum atomic E-state index is -1.17. The lowest BCUT2D eigenvalue weighted by Gasteiger charge is -2.23. The van der Waals surface area contributed by atoms with Crippen LogP contribution in [0.1, 0.15) is 43.9 Å². The molecule has 0 spiro atoms. The van der Waals surface area contributed by atoms with Gasteiger partial charge in [-0.2, -0.15) is 0 Å². The summed E-state index contributed by atoms with van der Waals surface area (Å²) in [5.41, 5.74) is 1.83. The highest BCUT2D eigenvalue weighted by Gasteiger charge is 2.29. The van der Waals surface area contributed by atoms with Crippen molar-refractivity contribution in [2.75, 3.05) is 13.1 Å². The molecule has 0 aliphatic rings. The standard InChI is InChI=1S/C37H44N6O9/c1-24(2)18-30(40-25(3)44)35(47)39-21-33(45)38-22-34(46)41-31(19-26-10-6-4-7-11-26)36(48)42-32(20-27-12-8-5-9-13-27)37(49)52-23-28-14-16-29(17-15-28)43(50)51/h4-17,24,30-32H,18-23H2,1-3H3,(H,38,45)(H,39,47)(H,40,44)(H,41,46)(H,42,48)/t30-,31-,32-/m1/s1. The molecular weight excluding hydrogens is 672 g/mol. The summed E-state index contributed by atoms with van der Waals surface area (Å²) in [6.07, 6.45) is 0.488. The van der Waals surface area contributed by atoms with Gasteiger partial charge in [0.05, 0.1) is 18.0 Å². The lowest BCUT2D eigenvalue weighted by atomic mass is 10.0. The number of nitro benzene ring substituents is 1. The van der Waals surface area contributed by atoms with E-state index in [1.54, 1.807) is 60.7 Å². The van der Waals surface area contributed by atoms with Crippen molar-refractivity contribution in [1.29, 1.82) is 0 Å². The minimum Gasteiger partial charge on any atom is -0.459 e. The van der Waals surface area contributed by atoms with Gasteiger partial charge in [0.2, 0.25) is 29.5 Å². The second kappa shape index (κ2) is 20.5. The number of nitrogens with one attached hydrogen (secondary N) is 5. The number of hydrogen-bond acceptors (Lipinski definition) is 9. The van der Waals surface area contributed by atoms with Crippen LogP contribution in [0.2, 0.25) is 0 Å². The van der Waals surface area contributed by atoms with E-state index >= 15 is 0 Å². The molecule has 0 aliphatic heterocycles. The fraction of sp³-hybridized carbons (Fsp3) is 0.351. The van der Waals surface area contributed by atoms with Crippen molar-refractivity contribution in [1.82, 2.24) is 26.6 Å². The van der Waals surface area contributed by atoms with Crippen molar-refractivity contribution in [2.24, 2.45) is 5.92 Å². The number of carbonyl (C=O) groups is 6. The van der Waals surface area contributed by atoms with Crippen LogP contribution < -0.4 is 26.6 Å². The SMILES string of the molecule is CC(=O)N[C@H](CC(C)C)C(=O)NCC(=O)NCC(=O)N[C@H](Cc1ccccc1)C(=O)N[C@H](Cc1ccccc1)C(=O)OCc1ccc([N+](=O)[O-])cc1. The molecule has 15 nitrogen and oxygen atoms in total. The number of esters is 1. The molecule has 0 radical (unpaired) electrons. The predicted octanol–water partition coefficient (Wildman–Crippen LogP) is 1.88. The van der Waals surface area contributed by atoms with Gasteiger partial charge >= 0.3 is 5.97 Å². The minimum absolute atomic E-state index is 0.0543. The maximum Gasteiger partial charge on any atom is 0.329 e. The topological polar surface area (TPSA) is 215 Å². The van der Waals surface area contributed by atoms with Crippen LogP contribution in [0.5, 0.6) is 0 Å². The maximum atomic E-state index is 13.7. The summed E-state index contributed by atoms with van der Waals surface area (Å²) in [7, 11) is 0. The number of amides is 5. The molecule has 3 aromatic rings. The molecule has 0 unspecified atom stereocenters. The van der Waals surface area contributed by atoms with E-state index in [2.05, 4.69) is 26.6 Å². The average molecular weight is 717 g/mol. The number of nitrogens with zero attached hydrogens (tertiary/aromatic N) is 1. The summed E-state index contributed by atoms with van der Waals surface area (Å²) in [5.74, 6) is -3.64. The number of hydrogen-bond donors (Lipinski definition) is 5. The highest BCUT2D eigenvalue weighted by Crippen LogP contribution is 2.14. The number of nitro groups is 1. The molecule has 0 fully saturated rings. The Bertz CT molecular complexity index is 1680. The van der Waals surface area contributed by atoms with Gasteiger partial charge in [-0.1, -0.05) is 74.5 Å². The van der Waals surface area contributed by atoms with Gasteiger partial charge in [0.15, 0.2) is 0 Å². The Labute approximate surface area is 301 Å².